The number of aromatic nitrogens is 8. The van der Waals surface area contributed by atoms with Crippen LogP contribution in [-0.2, 0) is 35.7 Å². The number of benzene rings is 2. The van der Waals surface area contributed by atoms with Gasteiger partial charge in [-0.2, -0.15) is 10.2 Å². The van der Waals surface area contributed by atoms with E-state index >= 15 is 0 Å². The Morgan fingerprint density at radius 2 is 1.29 bits per heavy atom. The van der Waals surface area contributed by atoms with Gasteiger partial charge in [0, 0.05) is 43.7 Å². The van der Waals surface area contributed by atoms with Crippen LogP contribution in [0, 0.1) is 13.8 Å². The van der Waals surface area contributed by atoms with E-state index < -0.39 is 29.6 Å². The van der Waals surface area contributed by atoms with Gasteiger partial charge in [-0.15, -0.1) is 0 Å². The molecule has 0 saturated carbocycles. The van der Waals surface area contributed by atoms with Gasteiger partial charge in [0.05, 0.1) is 41.7 Å². The zero-order valence-corrected chi connectivity index (χ0v) is 32.7. The average molecular weight is 793 g/mol. The topological polar surface area (TPSA) is 251 Å². The molecule has 0 fully saturated rings. The number of ether oxygens (including phenoxy) is 2. The van der Waals surface area contributed by atoms with E-state index in [1.807, 2.05) is 26.0 Å². The molecule has 6 aromatic rings. The number of anilines is 2. The van der Waals surface area contributed by atoms with Crippen LogP contribution in [0.5, 0.6) is 5.75 Å². The molecule has 0 aliphatic heterocycles. The van der Waals surface area contributed by atoms with Gasteiger partial charge in [-0.3, -0.25) is 44.0 Å². The normalized spacial score (nSPS) is 11.4. The molecule has 6 rings (SSSR count). The summed E-state index contributed by atoms with van der Waals surface area (Å²) in [4.78, 5) is 72.6. The van der Waals surface area contributed by atoms with Gasteiger partial charge < -0.3 is 30.1 Å². The number of carbonyl (C=O) groups is 5. The van der Waals surface area contributed by atoms with Crippen molar-refractivity contribution in [3.63, 3.8) is 0 Å². The summed E-state index contributed by atoms with van der Waals surface area (Å²) in [7, 11) is 1.30. The molecular formula is C39H44N12O7. The van der Waals surface area contributed by atoms with Crippen molar-refractivity contribution in [3.05, 3.63) is 88.5 Å². The highest BCUT2D eigenvalue weighted by Gasteiger charge is 2.23. The number of hydrogen-bond donors (Lipinski definition) is 4. The minimum Gasteiger partial charge on any atom is -0.491 e. The maximum atomic E-state index is 13.7. The Balaban J connectivity index is 1.37. The number of nitrogens with zero attached hydrogens (tertiary/aromatic N) is 8. The van der Waals surface area contributed by atoms with Crippen molar-refractivity contribution in [2.45, 2.75) is 66.7 Å². The summed E-state index contributed by atoms with van der Waals surface area (Å²) in [5.74, 6) is -1.99. The number of allylic oxidation sites excluding steroid dienone is 2. The van der Waals surface area contributed by atoms with Gasteiger partial charge in [0.25, 0.3) is 11.8 Å². The third-order valence-corrected chi connectivity index (χ3v) is 9.20. The van der Waals surface area contributed by atoms with Gasteiger partial charge in [-0.1, -0.05) is 12.2 Å². The monoisotopic (exact) mass is 792 g/mol. The van der Waals surface area contributed by atoms with Crippen LogP contribution < -0.4 is 26.8 Å². The van der Waals surface area contributed by atoms with E-state index in [0.717, 1.165) is 0 Å². The summed E-state index contributed by atoms with van der Waals surface area (Å²) >= 11 is 0. The highest BCUT2D eigenvalue weighted by Crippen LogP contribution is 2.32. The molecule has 0 radical (unpaired) electrons. The van der Waals surface area contributed by atoms with Crippen molar-refractivity contribution in [3.8, 4) is 5.75 Å². The largest absolute Gasteiger partial charge is 0.491 e. The lowest BCUT2D eigenvalue weighted by atomic mass is 10.1. The van der Waals surface area contributed by atoms with Crippen molar-refractivity contribution in [2.75, 3.05) is 24.4 Å². The van der Waals surface area contributed by atoms with Crippen LogP contribution in [0.15, 0.2) is 54.6 Å². The molecule has 302 valence electrons. The van der Waals surface area contributed by atoms with Gasteiger partial charge in [0.15, 0.2) is 0 Å². The summed E-state index contributed by atoms with van der Waals surface area (Å²) in [5, 5.41) is 14.6. The van der Waals surface area contributed by atoms with E-state index in [1.165, 1.54) is 19.2 Å². The molecule has 2 aromatic carbocycles. The smallest absolute Gasteiger partial charge is 0.305 e. The summed E-state index contributed by atoms with van der Waals surface area (Å²) in [6.07, 6.45) is 4.10. The van der Waals surface area contributed by atoms with Gasteiger partial charge in [-0.25, -0.2) is 9.97 Å². The number of nitrogens with one attached hydrogen (secondary N) is 2. The number of methoxy groups -OCH3 is 1. The molecule has 0 atom stereocenters. The fourth-order valence-electron chi connectivity index (χ4n) is 6.45. The third-order valence-electron chi connectivity index (χ3n) is 9.20. The summed E-state index contributed by atoms with van der Waals surface area (Å²) in [6.45, 7) is 8.73. The predicted octanol–water partition coefficient (Wildman–Crippen LogP) is 3.73. The average Bonchev–Trinajstić information content (AvgIpc) is 3.96. The van der Waals surface area contributed by atoms with Crippen molar-refractivity contribution < 1.29 is 33.4 Å². The molecule has 0 unspecified atom stereocenters. The molecule has 0 aliphatic rings. The van der Waals surface area contributed by atoms with E-state index in [0.29, 0.717) is 64.4 Å². The van der Waals surface area contributed by atoms with Crippen LogP contribution in [0.2, 0.25) is 0 Å². The minimum absolute atomic E-state index is 0.0996. The van der Waals surface area contributed by atoms with E-state index in [2.05, 4.69) is 25.8 Å². The molecule has 19 heteroatoms. The highest BCUT2D eigenvalue weighted by molar-refractivity contribution is 6.05. The SMILES string of the molecule is CCn1nc(C)cc1C(=O)Nc1nc2cc(C(N)=O)ccc2n1C/C=C/Cn1c(NC(=O)c2cc(C)nn2CC)nc2cc(C(N)=O)cc(OCCCC(=O)OC)c21. The highest BCUT2D eigenvalue weighted by atomic mass is 16.5. The lowest BCUT2D eigenvalue weighted by Gasteiger charge is -2.13. The van der Waals surface area contributed by atoms with Gasteiger partial charge >= 0.3 is 5.97 Å². The van der Waals surface area contributed by atoms with E-state index in [1.54, 1.807) is 62.7 Å². The molecule has 19 nitrogen and oxygen atoms in total. The second-order valence-corrected chi connectivity index (χ2v) is 13.2. The van der Waals surface area contributed by atoms with Crippen LogP contribution in [0.3, 0.4) is 0 Å². The van der Waals surface area contributed by atoms with Crippen molar-refractivity contribution in [1.29, 1.82) is 0 Å². The molecule has 4 heterocycles. The fraction of sp³-hybridized carbons (Fsp3) is 0.308. The Bertz CT molecular complexity index is 2590. The Hall–Kier alpha value is -7.31. The fourth-order valence-corrected chi connectivity index (χ4v) is 6.45. The number of nitrogens with two attached hydrogens (primary N) is 2. The zero-order valence-electron chi connectivity index (χ0n) is 32.7. The summed E-state index contributed by atoms with van der Waals surface area (Å²) < 4.78 is 17.5. The van der Waals surface area contributed by atoms with Crippen molar-refractivity contribution in [2.24, 2.45) is 11.5 Å². The van der Waals surface area contributed by atoms with E-state index in [-0.39, 0.29) is 54.9 Å². The van der Waals surface area contributed by atoms with Crippen LogP contribution in [0.4, 0.5) is 11.9 Å². The third kappa shape index (κ3) is 8.57. The first kappa shape index (κ1) is 40.4. The second kappa shape index (κ2) is 17.2. The Morgan fingerprint density at radius 1 is 0.741 bits per heavy atom. The summed E-state index contributed by atoms with van der Waals surface area (Å²) in [6, 6.07) is 11.2. The Kier molecular flexibility index (Phi) is 12.0. The van der Waals surface area contributed by atoms with Crippen LogP contribution >= 0.6 is 0 Å². The Labute approximate surface area is 332 Å². The van der Waals surface area contributed by atoms with Gasteiger partial charge in [0.1, 0.15) is 22.7 Å². The molecule has 6 N–H and O–H groups in total. The van der Waals surface area contributed by atoms with Crippen molar-refractivity contribution >= 4 is 63.6 Å². The first-order valence-corrected chi connectivity index (χ1v) is 18.5. The molecule has 0 saturated heterocycles. The first-order chi connectivity index (χ1) is 27.8. The number of hydrogen-bond acceptors (Lipinski definition) is 11. The Morgan fingerprint density at radius 3 is 1.86 bits per heavy atom. The van der Waals surface area contributed by atoms with Gasteiger partial charge in [-0.05, 0) is 76.6 Å². The number of primary amides is 2. The molecule has 0 bridgehead atoms. The van der Waals surface area contributed by atoms with Crippen LogP contribution in [-0.4, -0.2) is 82.0 Å². The predicted molar refractivity (Wildman–Crippen MR) is 214 cm³/mol. The number of amides is 4. The van der Waals surface area contributed by atoms with E-state index in [9.17, 15) is 24.0 Å². The quantitative estimate of drug-likeness (QED) is 0.0588. The lowest BCUT2D eigenvalue weighted by Crippen LogP contribution is -2.20. The summed E-state index contributed by atoms with van der Waals surface area (Å²) in [5.41, 5.74) is 15.5. The molecular weight excluding hydrogens is 749 g/mol. The second-order valence-electron chi connectivity index (χ2n) is 13.2. The molecule has 0 aliphatic carbocycles. The number of aryl methyl sites for hydroxylation is 4. The number of rotatable bonds is 17. The lowest BCUT2D eigenvalue weighted by molar-refractivity contribution is -0.140. The van der Waals surface area contributed by atoms with E-state index in [4.69, 9.17) is 25.9 Å². The first-order valence-electron chi connectivity index (χ1n) is 18.5. The number of carbonyl (C=O) groups excluding carboxylic acids is 5. The van der Waals surface area contributed by atoms with Crippen molar-refractivity contribution in [1.82, 2.24) is 38.7 Å². The van der Waals surface area contributed by atoms with Crippen LogP contribution in [0.25, 0.3) is 22.1 Å². The molecule has 4 amide bonds. The maximum absolute atomic E-state index is 13.7. The molecule has 58 heavy (non-hydrogen) atoms. The van der Waals surface area contributed by atoms with Gasteiger partial charge in [0.2, 0.25) is 23.7 Å². The number of esters is 1. The molecule has 0 spiro atoms. The zero-order chi connectivity index (χ0) is 41.7. The standard InChI is InChI=1S/C39H44N12O7/c1-6-50-29(17-22(3)46-50)36(55)44-38-42-26-19-24(34(40)53)12-13-28(26)48(38)14-8-9-15-49-33-27(43-39(49)45-37(56)30-18-23(4)47-51(30)7-2)20-25(35(41)54)21-31(33)58-16-10-11-32(52)57-5/h8-9,12-13,17-21H,6-7,10-11,14-16H2,1-5H3,(H2,40,53)(H2,41,54)(H,42,44,55)(H,43,45,56)/b9-8+. The van der Waals surface area contributed by atoms with Crippen LogP contribution in [0.1, 0.15) is 79.8 Å². The number of imidazole rings is 2. The number of fused-ring (bicyclic) bond motifs is 2. The maximum Gasteiger partial charge on any atom is 0.305 e. The minimum atomic E-state index is -0.712. The molecule has 4 aromatic heterocycles.